The van der Waals surface area contributed by atoms with Gasteiger partial charge in [0.1, 0.15) is 12.1 Å². The lowest BCUT2D eigenvalue weighted by Crippen LogP contribution is -2.36. The van der Waals surface area contributed by atoms with E-state index >= 15 is 0 Å². The molecule has 0 aromatic heterocycles. The standard InChI is InChI=1S/C6H11NO3S.C5H11NO2S/c1-11-3-2-5(6(9)10)7-4-8;1-9-3-2-4(6)5(7)8/h4-5H,2-3H2,1H3,(H,7,8)(H,9,10);4H,2-3,6H2,1H3,(H,7,8). The number of amides is 1. The van der Waals surface area contributed by atoms with Gasteiger partial charge in [0, 0.05) is 0 Å². The van der Waals surface area contributed by atoms with E-state index in [9.17, 15) is 14.4 Å². The van der Waals surface area contributed by atoms with Crippen molar-refractivity contribution in [2.24, 2.45) is 5.73 Å². The van der Waals surface area contributed by atoms with Crippen molar-refractivity contribution in [3.05, 3.63) is 0 Å². The smallest absolute Gasteiger partial charge is 0.326 e. The fourth-order valence-electron chi connectivity index (χ4n) is 0.964. The average Bonchev–Trinajstić information content (AvgIpc) is 2.41. The fourth-order valence-corrected chi connectivity index (χ4v) is 1.93. The largest absolute Gasteiger partial charge is 0.480 e. The minimum Gasteiger partial charge on any atom is -0.480 e. The van der Waals surface area contributed by atoms with Gasteiger partial charge in [-0.2, -0.15) is 23.5 Å². The number of thioether (sulfide) groups is 2. The SMILES string of the molecule is CSCCC(N)C(=O)O.CSCCC(NC=O)C(=O)O. The average molecular weight is 326 g/mol. The van der Waals surface area contributed by atoms with Crippen LogP contribution >= 0.6 is 23.5 Å². The number of hydrogen-bond acceptors (Lipinski definition) is 6. The van der Waals surface area contributed by atoms with Gasteiger partial charge >= 0.3 is 11.9 Å². The Morgan fingerprint density at radius 2 is 1.65 bits per heavy atom. The molecule has 0 saturated heterocycles. The molecule has 5 N–H and O–H groups in total. The van der Waals surface area contributed by atoms with Gasteiger partial charge < -0.3 is 21.3 Å². The Kier molecular flexibility index (Phi) is 15.5. The van der Waals surface area contributed by atoms with Crippen LogP contribution in [0.1, 0.15) is 12.8 Å². The topological polar surface area (TPSA) is 130 Å². The molecule has 0 spiro atoms. The van der Waals surface area contributed by atoms with Crippen molar-refractivity contribution in [2.75, 3.05) is 24.0 Å². The Morgan fingerprint density at radius 3 is 2.00 bits per heavy atom. The summed E-state index contributed by atoms with van der Waals surface area (Å²) < 4.78 is 0. The van der Waals surface area contributed by atoms with Crippen molar-refractivity contribution in [1.29, 1.82) is 0 Å². The normalized spacial score (nSPS) is 12.6. The first-order chi connectivity index (χ1) is 9.40. The van der Waals surface area contributed by atoms with Gasteiger partial charge in [-0.15, -0.1) is 0 Å². The molecule has 0 rings (SSSR count). The monoisotopic (exact) mass is 326 g/mol. The number of rotatable bonds is 10. The molecule has 0 aromatic rings. The third-order valence-electron chi connectivity index (χ3n) is 2.13. The maximum atomic E-state index is 10.4. The zero-order chi connectivity index (χ0) is 16.0. The number of carbonyl (C=O) groups excluding carboxylic acids is 1. The Labute approximate surface area is 127 Å². The van der Waals surface area contributed by atoms with E-state index in [1.165, 1.54) is 0 Å². The highest BCUT2D eigenvalue weighted by molar-refractivity contribution is 7.98. The summed E-state index contributed by atoms with van der Waals surface area (Å²) in [5.41, 5.74) is 5.19. The molecule has 0 fully saturated rings. The highest BCUT2D eigenvalue weighted by Gasteiger charge is 2.14. The second kappa shape index (κ2) is 14.5. The van der Waals surface area contributed by atoms with Gasteiger partial charge in [0.25, 0.3) is 0 Å². The van der Waals surface area contributed by atoms with E-state index in [1.54, 1.807) is 23.5 Å². The van der Waals surface area contributed by atoms with Crippen molar-refractivity contribution < 1.29 is 24.6 Å². The molecule has 20 heavy (non-hydrogen) atoms. The van der Waals surface area contributed by atoms with Crippen molar-refractivity contribution in [3.63, 3.8) is 0 Å². The molecular formula is C11H22N2O5S2. The lowest BCUT2D eigenvalue weighted by atomic mass is 10.2. The molecule has 0 aliphatic rings. The predicted molar refractivity (Wildman–Crippen MR) is 82.2 cm³/mol. The van der Waals surface area contributed by atoms with Crippen LogP contribution in [-0.2, 0) is 14.4 Å². The summed E-state index contributed by atoms with van der Waals surface area (Å²) in [5, 5.41) is 19.0. The molecule has 0 aliphatic heterocycles. The van der Waals surface area contributed by atoms with Crippen LogP contribution in [0, 0.1) is 0 Å². The maximum absolute atomic E-state index is 10.4. The van der Waals surface area contributed by atoms with Crippen LogP contribution in [0.2, 0.25) is 0 Å². The Morgan fingerprint density at radius 1 is 1.15 bits per heavy atom. The Hall–Kier alpha value is -0.930. The van der Waals surface area contributed by atoms with E-state index in [0.717, 1.165) is 11.5 Å². The van der Waals surface area contributed by atoms with Gasteiger partial charge in [-0.25, -0.2) is 4.79 Å². The number of carbonyl (C=O) groups is 3. The number of carboxylic acids is 2. The molecule has 0 radical (unpaired) electrons. The maximum Gasteiger partial charge on any atom is 0.326 e. The lowest BCUT2D eigenvalue weighted by molar-refractivity contribution is -0.140. The second-order valence-electron chi connectivity index (χ2n) is 3.68. The third-order valence-corrected chi connectivity index (χ3v) is 3.42. The summed E-state index contributed by atoms with van der Waals surface area (Å²) >= 11 is 3.16. The van der Waals surface area contributed by atoms with Crippen molar-refractivity contribution >= 4 is 41.9 Å². The number of carboxylic acid groups (broad SMARTS) is 2. The van der Waals surface area contributed by atoms with Gasteiger partial charge in [-0.3, -0.25) is 9.59 Å². The molecule has 0 heterocycles. The summed E-state index contributed by atoms with van der Waals surface area (Å²) in [6.45, 7) is 0. The highest BCUT2D eigenvalue weighted by atomic mass is 32.2. The van der Waals surface area contributed by atoms with Gasteiger partial charge in [-0.05, 0) is 36.9 Å². The zero-order valence-electron chi connectivity index (χ0n) is 11.6. The molecule has 118 valence electrons. The summed E-state index contributed by atoms with van der Waals surface area (Å²) in [7, 11) is 0. The number of aliphatic carboxylic acids is 2. The molecule has 0 aromatic carbocycles. The number of hydrogen-bond donors (Lipinski definition) is 4. The van der Waals surface area contributed by atoms with E-state index in [2.05, 4.69) is 5.32 Å². The molecule has 2 atom stereocenters. The minimum absolute atomic E-state index is 0.416. The van der Waals surface area contributed by atoms with Crippen molar-refractivity contribution in [1.82, 2.24) is 5.32 Å². The summed E-state index contributed by atoms with van der Waals surface area (Å²) in [6, 6.07) is -1.42. The van der Waals surface area contributed by atoms with Crippen LogP contribution in [0.5, 0.6) is 0 Å². The summed E-state index contributed by atoms with van der Waals surface area (Å²) in [5.74, 6) is -0.346. The number of nitrogens with two attached hydrogens (primary N) is 1. The van der Waals surface area contributed by atoms with E-state index < -0.39 is 24.0 Å². The van der Waals surface area contributed by atoms with Gasteiger partial charge in [0.15, 0.2) is 0 Å². The molecular weight excluding hydrogens is 304 g/mol. The first kappa shape index (κ1) is 21.4. The van der Waals surface area contributed by atoms with Crippen LogP contribution in [0.25, 0.3) is 0 Å². The molecule has 0 aliphatic carbocycles. The van der Waals surface area contributed by atoms with Crippen LogP contribution in [0.15, 0.2) is 0 Å². The van der Waals surface area contributed by atoms with Crippen molar-refractivity contribution in [3.8, 4) is 0 Å². The van der Waals surface area contributed by atoms with E-state index in [0.29, 0.717) is 19.3 Å². The summed E-state index contributed by atoms with van der Waals surface area (Å²) in [4.78, 5) is 30.3. The second-order valence-corrected chi connectivity index (χ2v) is 5.65. The molecule has 0 bridgehead atoms. The summed E-state index contributed by atoms with van der Waals surface area (Å²) in [6.07, 6.45) is 5.25. The predicted octanol–water partition coefficient (Wildman–Crippen LogP) is 0.0901. The third kappa shape index (κ3) is 13.5. The molecule has 0 saturated carbocycles. The fraction of sp³-hybridized carbons (Fsp3) is 0.727. The zero-order valence-corrected chi connectivity index (χ0v) is 13.2. The van der Waals surface area contributed by atoms with E-state index in [-0.39, 0.29) is 0 Å². The van der Waals surface area contributed by atoms with Crippen LogP contribution in [-0.4, -0.2) is 64.7 Å². The Bertz CT molecular complexity index is 292. The molecule has 9 heteroatoms. The van der Waals surface area contributed by atoms with Gasteiger partial charge in [0.05, 0.1) is 0 Å². The number of nitrogens with one attached hydrogen (secondary N) is 1. The van der Waals surface area contributed by atoms with Crippen molar-refractivity contribution in [2.45, 2.75) is 24.9 Å². The molecule has 2 unspecified atom stereocenters. The van der Waals surface area contributed by atoms with Gasteiger partial charge in [-0.1, -0.05) is 0 Å². The lowest BCUT2D eigenvalue weighted by Gasteiger charge is -2.08. The highest BCUT2D eigenvalue weighted by Crippen LogP contribution is 2.00. The van der Waals surface area contributed by atoms with Gasteiger partial charge in [0.2, 0.25) is 6.41 Å². The minimum atomic E-state index is -0.980. The molecule has 7 nitrogen and oxygen atoms in total. The molecule has 1 amide bonds. The van der Waals surface area contributed by atoms with Crippen LogP contribution in [0.4, 0.5) is 0 Å². The van der Waals surface area contributed by atoms with Crippen LogP contribution < -0.4 is 11.1 Å². The van der Waals surface area contributed by atoms with E-state index in [4.69, 9.17) is 15.9 Å². The first-order valence-electron chi connectivity index (χ1n) is 5.79. The first-order valence-corrected chi connectivity index (χ1v) is 8.58. The van der Waals surface area contributed by atoms with E-state index in [1.807, 2.05) is 12.5 Å². The quantitative estimate of drug-likeness (QED) is 0.416. The van der Waals surface area contributed by atoms with Crippen LogP contribution in [0.3, 0.4) is 0 Å². The Balaban J connectivity index is 0.